The van der Waals surface area contributed by atoms with Crippen LogP contribution >= 0.6 is 12.4 Å². The van der Waals surface area contributed by atoms with E-state index in [1.165, 1.54) is 6.26 Å². The number of hydrogen-bond acceptors (Lipinski definition) is 5. The maximum Gasteiger partial charge on any atom is 0.291 e. The van der Waals surface area contributed by atoms with Crippen LogP contribution in [0.25, 0.3) is 0 Å². The summed E-state index contributed by atoms with van der Waals surface area (Å²) in [5.74, 6) is 0.258. The van der Waals surface area contributed by atoms with E-state index in [-0.39, 0.29) is 42.6 Å². The molecule has 1 fully saturated rings. The molecule has 8 heteroatoms. The topological polar surface area (TPSA) is 92.6 Å². The Kier molecular flexibility index (Phi) is 7.50. The van der Waals surface area contributed by atoms with Crippen molar-refractivity contribution in [2.45, 2.75) is 18.9 Å². The third-order valence-corrected chi connectivity index (χ3v) is 3.91. The second kappa shape index (κ2) is 9.84. The average molecular weight is 380 g/mol. The molecule has 0 saturated carbocycles. The Hall–Kier alpha value is -2.51. The van der Waals surface area contributed by atoms with Gasteiger partial charge in [0.15, 0.2) is 12.4 Å². The van der Waals surface area contributed by atoms with E-state index in [0.29, 0.717) is 11.4 Å². The van der Waals surface area contributed by atoms with Crippen LogP contribution in [0.15, 0.2) is 47.1 Å². The highest BCUT2D eigenvalue weighted by atomic mass is 35.5. The zero-order valence-corrected chi connectivity index (χ0v) is 15.0. The summed E-state index contributed by atoms with van der Waals surface area (Å²) < 4.78 is 10.6. The number of carbonyl (C=O) groups is 2. The second-order valence-corrected chi connectivity index (χ2v) is 5.84. The van der Waals surface area contributed by atoms with Crippen LogP contribution in [-0.2, 0) is 4.79 Å². The predicted molar refractivity (Wildman–Crippen MR) is 99.9 cm³/mol. The molecule has 26 heavy (non-hydrogen) atoms. The molecule has 0 bridgehead atoms. The number of ether oxygens (including phenoxy) is 1. The fraction of sp³-hybridized carbons (Fsp3) is 0.333. The molecule has 1 aromatic carbocycles. The first-order valence-electron chi connectivity index (χ1n) is 8.28. The SMILES string of the molecule is Cl.O=C(COc1cccc(NC(=O)c2ccco2)c1)NC1CCNCC1. The van der Waals surface area contributed by atoms with Crippen LogP contribution in [-0.4, -0.2) is 37.6 Å². The molecule has 2 amide bonds. The van der Waals surface area contributed by atoms with Gasteiger partial charge in [0.05, 0.1) is 6.26 Å². The van der Waals surface area contributed by atoms with Crippen molar-refractivity contribution in [3.05, 3.63) is 48.4 Å². The predicted octanol–water partition coefficient (Wildman–Crippen LogP) is 2.20. The molecule has 2 aromatic rings. The molecule has 0 radical (unpaired) electrons. The van der Waals surface area contributed by atoms with Crippen LogP contribution in [0.1, 0.15) is 23.4 Å². The number of amides is 2. The van der Waals surface area contributed by atoms with E-state index in [1.807, 2.05) is 0 Å². The molecule has 1 aliphatic rings. The summed E-state index contributed by atoms with van der Waals surface area (Å²) in [6.07, 6.45) is 3.30. The van der Waals surface area contributed by atoms with Gasteiger partial charge in [-0.2, -0.15) is 0 Å². The summed E-state index contributed by atoms with van der Waals surface area (Å²) in [6, 6.07) is 10.3. The van der Waals surface area contributed by atoms with Gasteiger partial charge in [-0.1, -0.05) is 6.07 Å². The highest BCUT2D eigenvalue weighted by Crippen LogP contribution is 2.18. The minimum absolute atomic E-state index is 0. The number of anilines is 1. The van der Waals surface area contributed by atoms with Gasteiger partial charge in [0.2, 0.25) is 0 Å². The maximum atomic E-state index is 12.0. The molecular weight excluding hydrogens is 358 g/mol. The molecule has 0 unspecified atom stereocenters. The van der Waals surface area contributed by atoms with Gasteiger partial charge in [-0.3, -0.25) is 9.59 Å². The van der Waals surface area contributed by atoms with E-state index >= 15 is 0 Å². The monoisotopic (exact) mass is 379 g/mol. The fourth-order valence-corrected chi connectivity index (χ4v) is 2.65. The molecule has 0 atom stereocenters. The van der Waals surface area contributed by atoms with E-state index in [0.717, 1.165) is 25.9 Å². The normalized spacial score (nSPS) is 14.2. The molecule has 3 rings (SSSR count). The van der Waals surface area contributed by atoms with Crippen molar-refractivity contribution in [2.24, 2.45) is 0 Å². The van der Waals surface area contributed by atoms with Gasteiger partial charge in [-0.25, -0.2) is 0 Å². The first kappa shape index (κ1) is 19.8. The van der Waals surface area contributed by atoms with Crippen LogP contribution < -0.4 is 20.7 Å². The van der Waals surface area contributed by atoms with Crippen molar-refractivity contribution in [1.29, 1.82) is 0 Å². The Bertz CT molecular complexity index is 715. The number of hydrogen-bond donors (Lipinski definition) is 3. The van der Waals surface area contributed by atoms with Crippen LogP contribution in [0.3, 0.4) is 0 Å². The summed E-state index contributed by atoms with van der Waals surface area (Å²) in [4.78, 5) is 23.9. The lowest BCUT2D eigenvalue weighted by Gasteiger charge is -2.23. The lowest BCUT2D eigenvalue weighted by molar-refractivity contribution is -0.123. The van der Waals surface area contributed by atoms with Gasteiger partial charge in [0.1, 0.15) is 5.75 Å². The van der Waals surface area contributed by atoms with Crippen LogP contribution in [0, 0.1) is 0 Å². The number of piperidine rings is 1. The summed E-state index contributed by atoms with van der Waals surface area (Å²) in [7, 11) is 0. The van der Waals surface area contributed by atoms with Crippen molar-refractivity contribution < 1.29 is 18.7 Å². The van der Waals surface area contributed by atoms with Crippen LogP contribution in [0.4, 0.5) is 5.69 Å². The minimum Gasteiger partial charge on any atom is -0.484 e. The largest absolute Gasteiger partial charge is 0.484 e. The van der Waals surface area contributed by atoms with E-state index in [9.17, 15) is 9.59 Å². The van der Waals surface area contributed by atoms with Crippen molar-refractivity contribution in [3.63, 3.8) is 0 Å². The fourth-order valence-electron chi connectivity index (χ4n) is 2.65. The van der Waals surface area contributed by atoms with Crippen molar-refractivity contribution in [1.82, 2.24) is 10.6 Å². The average Bonchev–Trinajstić information content (AvgIpc) is 3.16. The zero-order chi connectivity index (χ0) is 17.5. The minimum atomic E-state index is -0.342. The highest BCUT2D eigenvalue weighted by Gasteiger charge is 2.15. The summed E-state index contributed by atoms with van der Waals surface area (Å²) >= 11 is 0. The molecule has 0 spiro atoms. The van der Waals surface area contributed by atoms with Crippen LogP contribution in [0.2, 0.25) is 0 Å². The van der Waals surface area contributed by atoms with Gasteiger partial charge < -0.3 is 25.1 Å². The number of rotatable bonds is 6. The third-order valence-electron chi connectivity index (χ3n) is 3.91. The van der Waals surface area contributed by atoms with Gasteiger partial charge in [0, 0.05) is 17.8 Å². The Morgan fingerprint density at radius 2 is 2.00 bits per heavy atom. The van der Waals surface area contributed by atoms with Gasteiger partial charge >= 0.3 is 0 Å². The summed E-state index contributed by atoms with van der Waals surface area (Å²) in [6.45, 7) is 1.78. The van der Waals surface area contributed by atoms with E-state index in [2.05, 4.69) is 16.0 Å². The number of halogens is 1. The Balaban J connectivity index is 0.00000243. The van der Waals surface area contributed by atoms with Crippen molar-refractivity contribution in [3.8, 4) is 5.75 Å². The summed E-state index contributed by atoms with van der Waals surface area (Å²) in [5, 5.41) is 8.94. The molecule has 1 aliphatic heterocycles. The number of nitrogens with one attached hydrogen (secondary N) is 3. The molecule has 140 valence electrons. The van der Waals surface area contributed by atoms with Gasteiger partial charge in [-0.15, -0.1) is 12.4 Å². The Morgan fingerprint density at radius 1 is 1.19 bits per heavy atom. The molecule has 3 N–H and O–H groups in total. The first-order valence-corrected chi connectivity index (χ1v) is 8.28. The Labute approximate surface area is 157 Å². The molecule has 1 saturated heterocycles. The molecule has 2 heterocycles. The standard InChI is InChI=1S/C18H21N3O4.ClH/c22-17(20-13-6-8-19-9-7-13)12-25-15-4-1-3-14(11-15)21-18(23)16-5-2-10-24-16;/h1-5,10-11,13,19H,6-9,12H2,(H,20,22)(H,21,23);1H. The third kappa shape index (κ3) is 5.79. The van der Waals surface area contributed by atoms with Gasteiger partial charge in [-0.05, 0) is 50.2 Å². The second-order valence-electron chi connectivity index (χ2n) is 5.84. The smallest absolute Gasteiger partial charge is 0.291 e. The van der Waals surface area contributed by atoms with Crippen molar-refractivity contribution in [2.75, 3.05) is 25.0 Å². The quantitative estimate of drug-likeness (QED) is 0.715. The highest BCUT2D eigenvalue weighted by molar-refractivity contribution is 6.02. The lowest BCUT2D eigenvalue weighted by atomic mass is 10.1. The van der Waals surface area contributed by atoms with Crippen LogP contribution in [0.5, 0.6) is 5.75 Å². The number of carbonyl (C=O) groups excluding carboxylic acids is 2. The lowest BCUT2D eigenvalue weighted by Crippen LogP contribution is -2.44. The van der Waals surface area contributed by atoms with E-state index < -0.39 is 0 Å². The maximum absolute atomic E-state index is 12.0. The first-order chi connectivity index (χ1) is 12.2. The van der Waals surface area contributed by atoms with E-state index in [4.69, 9.17) is 9.15 Å². The van der Waals surface area contributed by atoms with Crippen molar-refractivity contribution >= 4 is 29.9 Å². The molecule has 0 aliphatic carbocycles. The van der Waals surface area contributed by atoms with E-state index in [1.54, 1.807) is 36.4 Å². The molecule has 1 aromatic heterocycles. The summed E-state index contributed by atoms with van der Waals surface area (Å²) in [5.41, 5.74) is 0.567. The zero-order valence-electron chi connectivity index (χ0n) is 14.2. The van der Waals surface area contributed by atoms with Gasteiger partial charge in [0.25, 0.3) is 11.8 Å². The number of furan rings is 1. The Morgan fingerprint density at radius 3 is 2.73 bits per heavy atom. The number of benzene rings is 1. The molecular formula is C18H22ClN3O4. The molecule has 7 nitrogen and oxygen atoms in total.